The van der Waals surface area contributed by atoms with Gasteiger partial charge in [0.05, 0.1) is 17.8 Å². The Morgan fingerprint density at radius 3 is 2.42 bits per heavy atom. The third-order valence-corrected chi connectivity index (χ3v) is 6.07. The number of nitrogens with one attached hydrogen (secondary N) is 3. The molecule has 0 saturated heterocycles. The van der Waals surface area contributed by atoms with Crippen molar-refractivity contribution in [3.8, 4) is 0 Å². The first kappa shape index (κ1) is 25.0. The largest absolute Gasteiger partial charge is 0.362 e. The minimum atomic E-state index is -0.291. The number of rotatable bonds is 7. The maximum Gasteiger partial charge on any atom is 0.257 e. The molecule has 0 unspecified atom stereocenters. The van der Waals surface area contributed by atoms with E-state index < -0.39 is 0 Å². The summed E-state index contributed by atoms with van der Waals surface area (Å²) in [6.07, 6.45) is 1.64. The summed E-state index contributed by atoms with van der Waals surface area (Å²) in [6, 6.07) is 20.2. The van der Waals surface area contributed by atoms with Gasteiger partial charge in [0.2, 0.25) is 5.91 Å². The molecule has 4 rings (SSSR count). The summed E-state index contributed by atoms with van der Waals surface area (Å²) >= 11 is 0. The van der Waals surface area contributed by atoms with Crippen LogP contribution in [0.1, 0.15) is 52.1 Å². The van der Waals surface area contributed by atoms with Crippen molar-refractivity contribution in [3.63, 3.8) is 0 Å². The second kappa shape index (κ2) is 11.1. The molecule has 0 fully saturated rings. The quantitative estimate of drug-likeness (QED) is 0.450. The molecule has 0 radical (unpaired) electrons. The Balaban J connectivity index is 1.48. The molecular formula is C29H32N4O3. The summed E-state index contributed by atoms with van der Waals surface area (Å²) in [5, 5.41) is 8.77. The standard InChI is InChI=1S/C29H32N4O3/c1-19(2)30-28(35)23-12-7-15-26-22(23)13-8-16-33(26)18-27(34)32-25-14-5-4-11-24(25)29(36)31-21-10-6-9-20(3)17-21/h4-7,9-12,14-15,17,19H,8,13,16,18H2,1-3H3,(H,30,35)(H,31,36)(H,32,34). The van der Waals surface area contributed by atoms with Crippen LogP contribution in [0.5, 0.6) is 0 Å². The summed E-state index contributed by atoms with van der Waals surface area (Å²) in [5.74, 6) is -0.613. The van der Waals surface area contributed by atoms with Gasteiger partial charge in [0, 0.05) is 29.5 Å². The van der Waals surface area contributed by atoms with Crippen LogP contribution in [0.4, 0.5) is 17.1 Å². The van der Waals surface area contributed by atoms with E-state index in [1.165, 1.54) is 0 Å². The molecule has 186 valence electrons. The predicted octanol–water partition coefficient (Wildman–Crippen LogP) is 4.78. The number of hydrogen-bond donors (Lipinski definition) is 3. The maximum absolute atomic E-state index is 13.1. The lowest BCUT2D eigenvalue weighted by molar-refractivity contribution is -0.115. The number of hydrogen-bond acceptors (Lipinski definition) is 4. The van der Waals surface area contributed by atoms with Crippen LogP contribution in [-0.4, -0.2) is 36.9 Å². The number of anilines is 3. The molecule has 7 nitrogen and oxygen atoms in total. The van der Waals surface area contributed by atoms with Gasteiger partial charge in [-0.15, -0.1) is 0 Å². The molecule has 36 heavy (non-hydrogen) atoms. The monoisotopic (exact) mass is 484 g/mol. The zero-order valence-electron chi connectivity index (χ0n) is 20.9. The molecule has 0 aromatic heterocycles. The van der Waals surface area contributed by atoms with Crippen LogP contribution in [0, 0.1) is 6.92 Å². The number of para-hydroxylation sites is 1. The van der Waals surface area contributed by atoms with Crippen LogP contribution >= 0.6 is 0 Å². The number of nitrogens with zero attached hydrogens (tertiary/aromatic N) is 1. The second-order valence-corrected chi connectivity index (χ2v) is 9.37. The highest BCUT2D eigenvalue weighted by atomic mass is 16.2. The van der Waals surface area contributed by atoms with E-state index in [1.54, 1.807) is 24.3 Å². The highest BCUT2D eigenvalue weighted by Gasteiger charge is 2.24. The zero-order valence-corrected chi connectivity index (χ0v) is 20.9. The Morgan fingerprint density at radius 2 is 1.64 bits per heavy atom. The molecule has 0 bridgehead atoms. The van der Waals surface area contributed by atoms with Crippen molar-refractivity contribution in [1.29, 1.82) is 0 Å². The molecule has 3 aromatic rings. The minimum Gasteiger partial charge on any atom is -0.362 e. The minimum absolute atomic E-state index is 0.0435. The molecule has 0 aliphatic carbocycles. The van der Waals surface area contributed by atoms with Crippen molar-refractivity contribution in [2.45, 2.75) is 39.7 Å². The first-order valence-corrected chi connectivity index (χ1v) is 12.3. The Labute approximate surface area is 211 Å². The van der Waals surface area contributed by atoms with E-state index in [0.29, 0.717) is 29.0 Å². The zero-order chi connectivity index (χ0) is 25.7. The van der Waals surface area contributed by atoms with E-state index in [2.05, 4.69) is 16.0 Å². The Morgan fingerprint density at radius 1 is 0.889 bits per heavy atom. The van der Waals surface area contributed by atoms with Crippen molar-refractivity contribution < 1.29 is 14.4 Å². The molecule has 0 atom stereocenters. The maximum atomic E-state index is 13.1. The molecule has 3 aromatic carbocycles. The van der Waals surface area contributed by atoms with Gasteiger partial charge in [0.1, 0.15) is 0 Å². The van der Waals surface area contributed by atoms with E-state index in [1.807, 2.05) is 68.1 Å². The smallest absolute Gasteiger partial charge is 0.257 e. The molecule has 1 aliphatic heterocycles. The number of carbonyl (C=O) groups is 3. The lowest BCUT2D eigenvalue weighted by Crippen LogP contribution is -2.38. The van der Waals surface area contributed by atoms with E-state index in [0.717, 1.165) is 29.7 Å². The van der Waals surface area contributed by atoms with Crippen molar-refractivity contribution >= 4 is 34.8 Å². The van der Waals surface area contributed by atoms with E-state index in [9.17, 15) is 14.4 Å². The third-order valence-electron chi connectivity index (χ3n) is 6.07. The van der Waals surface area contributed by atoms with E-state index >= 15 is 0 Å². The Kier molecular flexibility index (Phi) is 7.68. The fourth-order valence-corrected chi connectivity index (χ4v) is 4.49. The first-order chi connectivity index (χ1) is 17.3. The fraction of sp³-hybridized carbons (Fsp3) is 0.276. The molecule has 3 N–H and O–H groups in total. The topological polar surface area (TPSA) is 90.5 Å². The molecule has 3 amide bonds. The van der Waals surface area contributed by atoms with E-state index in [-0.39, 0.29) is 30.3 Å². The highest BCUT2D eigenvalue weighted by molar-refractivity contribution is 6.10. The number of carbonyl (C=O) groups excluding carboxylic acids is 3. The van der Waals surface area contributed by atoms with Gasteiger partial charge in [0.15, 0.2) is 0 Å². The average Bonchev–Trinajstić information content (AvgIpc) is 2.83. The number of benzene rings is 3. The third kappa shape index (κ3) is 5.92. The highest BCUT2D eigenvalue weighted by Crippen LogP contribution is 2.30. The predicted molar refractivity (Wildman–Crippen MR) is 144 cm³/mol. The van der Waals surface area contributed by atoms with Gasteiger partial charge in [0.25, 0.3) is 11.8 Å². The van der Waals surface area contributed by atoms with Crippen molar-refractivity contribution in [1.82, 2.24) is 5.32 Å². The van der Waals surface area contributed by atoms with Crippen LogP contribution in [-0.2, 0) is 11.2 Å². The Hall–Kier alpha value is -4.13. The van der Waals surface area contributed by atoms with Crippen LogP contribution in [0.15, 0.2) is 66.7 Å². The molecule has 1 aliphatic rings. The van der Waals surface area contributed by atoms with Gasteiger partial charge in [-0.2, -0.15) is 0 Å². The SMILES string of the molecule is Cc1cccc(NC(=O)c2ccccc2NC(=O)CN2CCCc3c(C(=O)NC(C)C)cccc32)c1. The van der Waals surface area contributed by atoms with Gasteiger partial charge in [-0.3, -0.25) is 14.4 Å². The van der Waals surface area contributed by atoms with Crippen molar-refractivity contribution in [2.75, 3.05) is 28.6 Å². The van der Waals surface area contributed by atoms with Crippen LogP contribution in [0.25, 0.3) is 0 Å². The molecule has 7 heteroatoms. The molecular weight excluding hydrogens is 452 g/mol. The first-order valence-electron chi connectivity index (χ1n) is 12.3. The number of amides is 3. The summed E-state index contributed by atoms with van der Waals surface area (Å²) in [5.41, 5.74) is 5.11. The van der Waals surface area contributed by atoms with Gasteiger partial charge >= 0.3 is 0 Å². The molecule has 1 heterocycles. The average molecular weight is 485 g/mol. The molecule has 0 saturated carbocycles. The van der Waals surface area contributed by atoms with Gasteiger partial charge in [-0.25, -0.2) is 0 Å². The number of fused-ring (bicyclic) bond motifs is 1. The summed E-state index contributed by atoms with van der Waals surface area (Å²) in [7, 11) is 0. The summed E-state index contributed by atoms with van der Waals surface area (Å²) in [4.78, 5) is 40.7. The van der Waals surface area contributed by atoms with E-state index in [4.69, 9.17) is 0 Å². The second-order valence-electron chi connectivity index (χ2n) is 9.37. The van der Waals surface area contributed by atoms with Gasteiger partial charge < -0.3 is 20.9 Å². The lowest BCUT2D eigenvalue weighted by atomic mass is 9.95. The lowest BCUT2D eigenvalue weighted by Gasteiger charge is -2.32. The number of aryl methyl sites for hydroxylation is 1. The summed E-state index contributed by atoms with van der Waals surface area (Å²) < 4.78 is 0. The Bertz CT molecular complexity index is 1290. The van der Waals surface area contributed by atoms with Crippen LogP contribution in [0.2, 0.25) is 0 Å². The van der Waals surface area contributed by atoms with Crippen molar-refractivity contribution in [3.05, 3.63) is 89.0 Å². The van der Waals surface area contributed by atoms with Crippen LogP contribution in [0.3, 0.4) is 0 Å². The summed E-state index contributed by atoms with van der Waals surface area (Å²) in [6.45, 7) is 6.66. The molecule has 0 spiro atoms. The van der Waals surface area contributed by atoms with Gasteiger partial charge in [-0.1, -0.05) is 30.3 Å². The van der Waals surface area contributed by atoms with Crippen molar-refractivity contribution in [2.24, 2.45) is 0 Å². The van der Waals surface area contributed by atoms with Gasteiger partial charge in [-0.05, 0) is 81.1 Å². The fourth-order valence-electron chi connectivity index (χ4n) is 4.49. The van der Waals surface area contributed by atoms with Crippen LogP contribution < -0.4 is 20.9 Å². The normalized spacial score (nSPS) is 12.6.